The lowest BCUT2D eigenvalue weighted by atomic mass is 10.1. The van der Waals surface area contributed by atoms with Crippen molar-refractivity contribution < 1.29 is 4.79 Å². The van der Waals surface area contributed by atoms with E-state index in [9.17, 15) is 4.79 Å². The fourth-order valence-electron chi connectivity index (χ4n) is 2.04. The van der Waals surface area contributed by atoms with Gasteiger partial charge in [0.15, 0.2) is 0 Å². The van der Waals surface area contributed by atoms with Crippen LogP contribution in [0.1, 0.15) is 29.6 Å². The zero-order valence-corrected chi connectivity index (χ0v) is 9.48. The maximum absolute atomic E-state index is 12.2. The van der Waals surface area contributed by atoms with E-state index in [1.54, 1.807) is 0 Å². The smallest absolute Gasteiger partial charge is 0.254 e. The Balaban J connectivity index is 2.12. The van der Waals surface area contributed by atoms with Gasteiger partial charge in [0.2, 0.25) is 0 Å². The van der Waals surface area contributed by atoms with E-state index in [2.05, 4.69) is 6.58 Å². The molecule has 0 aromatic heterocycles. The molecule has 1 fully saturated rings. The van der Waals surface area contributed by atoms with Crippen LogP contribution in [-0.2, 0) is 0 Å². The molecular formula is C14H17NO. The normalized spacial score (nSPS) is 17.0. The van der Waals surface area contributed by atoms with E-state index in [4.69, 9.17) is 0 Å². The lowest BCUT2D eigenvalue weighted by molar-refractivity contribution is 0.0773. The first kappa shape index (κ1) is 10.9. The molecule has 1 aromatic rings. The first-order valence-corrected chi connectivity index (χ1v) is 5.78. The van der Waals surface area contributed by atoms with Gasteiger partial charge >= 0.3 is 0 Å². The van der Waals surface area contributed by atoms with E-state index >= 15 is 0 Å². The van der Waals surface area contributed by atoms with Gasteiger partial charge in [-0.2, -0.15) is 0 Å². The van der Waals surface area contributed by atoms with E-state index in [1.165, 1.54) is 5.57 Å². The van der Waals surface area contributed by atoms with Gasteiger partial charge in [0.1, 0.15) is 0 Å². The highest BCUT2D eigenvalue weighted by Crippen LogP contribution is 2.16. The number of nitrogens with zero attached hydrogens (tertiary/aromatic N) is 1. The average Bonchev–Trinajstić information content (AvgIpc) is 2.54. The summed E-state index contributed by atoms with van der Waals surface area (Å²) in [6.45, 7) is 5.58. The largest absolute Gasteiger partial charge is 0.335 e. The first-order chi connectivity index (χ1) is 7.77. The van der Waals surface area contributed by atoms with Crippen molar-refractivity contribution in [1.82, 2.24) is 4.90 Å². The Bertz CT molecular complexity index is 383. The minimum Gasteiger partial charge on any atom is -0.335 e. The van der Waals surface area contributed by atoms with Crippen molar-refractivity contribution in [1.29, 1.82) is 0 Å². The molecule has 16 heavy (non-hydrogen) atoms. The minimum absolute atomic E-state index is 0.128. The number of hydrogen-bond acceptors (Lipinski definition) is 1. The molecule has 1 heterocycles. The molecule has 0 bridgehead atoms. The monoisotopic (exact) mass is 215 g/mol. The molecule has 1 amide bonds. The van der Waals surface area contributed by atoms with Gasteiger partial charge in [0.05, 0.1) is 0 Å². The predicted molar refractivity (Wildman–Crippen MR) is 65.3 cm³/mol. The minimum atomic E-state index is 0.128. The summed E-state index contributed by atoms with van der Waals surface area (Å²) < 4.78 is 0. The van der Waals surface area contributed by atoms with Gasteiger partial charge in [-0.3, -0.25) is 4.79 Å². The van der Waals surface area contributed by atoms with E-state index in [0.29, 0.717) is 6.54 Å². The highest BCUT2D eigenvalue weighted by molar-refractivity contribution is 5.94. The molecule has 2 rings (SSSR count). The van der Waals surface area contributed by atoms with Crippen LogP contribution in [0.5, 0.6) is 0 Å². The molecule has 2 nitrogen and oxygen atoms in total. The molecule has 0 aliphatic carbocycles. The summed E-state index contributed by atoms with van der Waals surface area (Å²) in [4.78, 5) is 14.1. The van der Waals surface area contributed by atoms with Crippen LogP contribution in [0.4, 0.5) is 0 Å². The summed E-state index contributed by atoms with van der Waals surface area (Å²) in [5.74, 6) is 0.128. The Hall–Kier alpha value is -1.57. The topological polar surface area (TPSA) is 20.3 Å². The zero-order chi connectivity index (χ0) is 11.4. The van der Waals surface area contributed by atoms with Crippen molar-refractivity contribution in [2.24, 2.45) is 0 Å². The van der Waals surface area contributed by atoms with Gasteiger partial charge in [-0.05, 0) is 31.4 Å². The van der Waals surface area contributed by atoms with E-state index in [1.807, 2.05) is 35.2 Å². The maximum Gasteiger partial charge on any atom is 0.254 e. The van der Waals surface area contributed by atoms with Crippen LogP contribution in [-0.4, -0.2) is 23.9 Å². The van der Waals surface area contributed by atoms with Crippen LogP contribution in [0.25, 0.3) is 0 Å². The summed E-state index contributed by atoms with van der Waals surface area (Å²) in [5.41, 5.74) is 1.94. The summed E-state index contributed by atoms with van der Waals surface area (Å²) >= 11 is 0. The first-order valence-electron chi connectivity index (χ1n) is 5.78. The third kappa shape index (κ3) is 2.51. The fourth-order valence-corrected chi connectivity index (χ4v) is 2.04. The van der Waals surface area contributed by atoms with Gasteiger partial charge in [-0.1, -0.05) is 30.4 Å². The molecule has 0 saturated carbocycles. The zero-order valence-electron chi connectivity index (χ0n) is 9.48. The molecule has 0 spiro atoms. The Morgan fingerprint density at radius 1 is 1.19 bits per heavy atom. The highest BCUT2D eigenvalue weighted by Gasteiger charge is 2.18. The number of amides is 1. The van der Waals surface area contributed by atoms with Gasteiger partial charge in [0.25, 0.3) is 5.91 Å². The molecule has 2 heteroatoms. The number of carbonyl (C=O) groups is 1. The predicted octanol–water partition coefficient (Wildman–Crippen LogP) is 2.87. The number of benzene rings is 1. The summed E-state index contributed by atoms with van der Waals surface area (Å²) in [5, 5.41) is 0. The summed E-state index contributed by atoms with van der Waals surface area (Å²) in [7, 11) is 0. The second-order valence-electron chi connectivity index (χ2n) is 4.30. The summed E-state index contributed by atoms with van der Waals surface area (Å²) in [6.07, 6.45) is 3.29. The van der Waals surface area contributed by atoms with Crippen LogP contribution in [0.15, 0.2) is 42.5 Å². The maximum atomic E-state index is 12.2. The molecule has 0 atom stereocenters. The van der Waals surface area contributed by atoms with Crippen molar-refractivity contribution in [2.45, 2.75) is 19.3 Å². The quantitative estimate of drug-likeness (QED) is 0.660. The second-order valence-corrected chi connectivity index (χ2v) is 4.30. The molecule has 1 aliphatic rings. The van der Waals surface area contributed by atoms with Crippen molar-refractivity contribution in [2.75, 3.05) is 13.1 Å². The third-order valence-electron chi connectivity index (χ3n) is 2.93. The van der Waals surface area contributed by atoms with Gasteiger partial charge in [-0.25, -0.2) is 0 Å². The SMILES string of the molecule is C=C1CCCCN(C(=O)c2ccccc2)C1. The molecule has 1 saturated heterocycles. The molecule has 0 radical (unpaired) electrons. The standard InChI is InChI=1S/C14H17NO/c1-12-7-5-6-10-15(11-12)14(16)13-8-3-2-4-9-13/h2-4,8-9H,1,5-7,10-11H2. The van der Waals surface area contributed by atoms with E-state index < -0.39 is 0 Å². The van der Waals surface area contributed by atoms with Crippen molar-refractivity contribution >= 4 is 5.91 Å². The lowest BCUT2D eigenvalue weighted by Crippen LogP contribution is -2.32. The van der Waals surface area contributed by atoms with Crippen LogP contribution in [0.2, 0.25) is 0 Å². The Morgan fingerprint density at radius 2 is 1.94 bits per heavy atom. The molecule has 1 aliphatic heterocycles. The van der Waals surface area contributed by atoms with E-state index in [-0.39, 0.29) is 5.91 Å². The molecule has 84 valence electrons. The lowest BCUT2D eigenvalue weighted by Gasteiger charge is -2.20. The van der Waals surface area contributed by atoms with E-state index in [0.717, 1.165) is 31.4 Å². The van der Waals surface area contributed by atoms with Crippen LogP contribution in [0.3, 0.4) is 0 Å². The molecule has 0 unspecified atom stereocenters. The van der Waals surface area contributed by atoms with Crippen LogP contribution >= 0.6 is 0 Å². The average molecular weight is 215 g/mol. The van der Waals surface area contributed by atoms with Crippen molar-refractivity contribution in [3.63, 3.8) is 0 Å². The third-order valence-corrected chi connectivity index (χ3v) is 2.93. The van der Waals surface area contributed by atoms with Gasteiger partial charge in [0, 0.05) is 18.7 Å². The molecular weight excluding hydrogens is 198 g/mol. The second kappa shape index (κ2) is 4.97. The Morgan fingerprint density at radius 3 is 2.69 bits per heavy atom. The number of hydrogen-bond donors (Lipinski definition) is 0. The number of carbonyl (C=O) groups excluding carboxylic acids is 1. The number of likely N-dealkylation sites (tertiary alicyclic amines) is 1. The van der Waals surface area contributed by atoms with Gasteiger partial charge < -0.3 is 4.90 Å². The van der Waals surface area contributed by atoms with Crippen LogP contribution < -0.4 is 0 Å². The Kier molecular flexibility index (Phi) is 3.40. The van der Waals surface area contributed by atoms with Crippen LogP contribution in [0, 0.1) is 0 Å². The van der Waals surface area contributed by atoms with Gasteiger partial charge in [-0.15, -0.1) is 0 Å². The molecule has 1 aromatic carbocycles. The summed E-state index contributed by atoms with van der Waals surface area (Å²) in [6, 6.07) is 9.48. The van der Waals surface area contributed by atoms with Crippen molar-refractivity contribution in [3.8, 4) is 0 Å². The highest BCUT2D eigenvalue weighted by atomic mass is 16.2. The fraction of sp³-hybridized carbons (Fsp3) is 0.357. The Labute approximate surface area is 96.6 Å². The van der Waals surface area contributed by atoms with Crippen molar-refractivity contribution in [3.05, 3.63) is 48.0 Å². The number of rotatable bonds is 1. The molecule has 0 N–H and O–H groups in total.